The van der Waals surface area contributed by atoms with Crippen LogP contribution >= 0.6 is 23.1 Å². The number of thioether (sulfide) groups is 1. The third-order valence-corrected chi connectivity index (χ3v) is 11.7. The van der Waals surface area contributed by atoms with Gasteiger partial charge in [-0.25, -0.2) is 14.2 Å². The summed E-state index contributed by atoms with van der Waals surface area (Å²) in [5.41, 5.74) is 4.81. The molecule has 0 saturated carbocycles. The van der Waals surface area contributed by atoms with E-state index in [0.717, 1.165) is 69.0 Å². The molecule has 3 aromatic rings. The molecule has 6 heterocycles. The summed E-state index contributed by atoms with van der Waals surface area (Å²) >= 11 is 2.14. The molecule has 9 nitrogen and oxygen atoms in total. The van der Waals surface area contributed by atoms with Crippen molar-refractivity contribution in [1.29, 1.82) is 0 Å². The zero-order valence-corrected chi connectivity index (χ0v) is 27.1. The highest BCUT2D eigenvalue weighted by molar-refractivity contribution is 7.99. The van der Waals surface area contributed by atoms with Gasteiger partial charge in [-0.15, -0.1) is 11.8 Å². The van der Waals surface area contributed by atoms with E-state index in [0.29, 0.717) is 41.2 Å². The lowest BCUT2D eigenvalue weighted by Gasteiger charge is -2.39. The number of thiazole rings is 1. The van der Waals surface area contributed by atoms with E-state index < -0.39 is 23.3 Å². The van der Waals surface area contributed by atoms with Gasteiger partial charge in [0.1, 0.15) is 11.6 Å². The largest absolute Gasteiger partial charge is 0.417 e. The van der Waals surface area contributed by atoms with E-state index in [1.54, 1.807) is 4.57 Å². The van der Waals surface area contributed by atoms with Crippen molar-refractivity contribution >= 4 is 56.9 Å². The molecular weight excluding hydrogens is 641 g/mol. The molecule has 2 aromatic heterocycles. The Morgan fingerprint density at radius 3 is 2.50 bits per heavy atom. The van der Waals surface area contributed by atoms with E-state index in [4.69, 9.17) is 5.73 Å². The van der Waals surface area contributed by atoms with Gasteiger partial charge in [-0.3, -0.25) is 9.47 Å². The van der Waals surface area contributed by atoms with Gasteiger partial charge in [-0.05, 0) is 37.6 Å². The number of halogens is 4. The minimum atomic E-state index is -4.75. The summed E-state index contributed by atoms with van der Waals surface area (Å²) in [6.45, 7) is 11.8. The van der Waals surface area contributed by atoms with Gasteiger partial charge in [0.05, 0.1) is 27.0 Å². The summed E-state index contributed by atoms with van der Waals surface area (Å²) < 4.78 is 61.4. The van der Waals surface area contributed by atoms with E-state index >= 15 is 0 Å². The number of rotatable bonds is 6. The molecule has 3 N–H and O–H groups in total. The molecule has 0 spiro atoms. The maximum absolute atomic E-state index is 15.0. The molecule has 7 rings (SSSR count). The molecule has 0 aliphatic carbocycles. The van der Waals surface area contributed by atoms with Crippen LogP contribution in [0.4, 0.5) is 28.5 Å². The monoisotopic (exact) mass is 676 g/mol. The Morgan fingerprint density at radius 2 is 1.85 bits per heavy atom. The van der Waals surface area contributed by atoms with Gasteiger partial charge in [0, 0.05) is 79.5 Å². The van der Waals surface area contributed by atoms with Gasteiger partial charge in [-0.1, -0.05) is 24.8 Å². The van der Waals surface area contributed by atoms with Gasteiger partial charge in [0.2, 0.25) is 0 Å². The molecule has 0 amide bonds. The van der Waals surface area contributed by atoms with Gasteiger partial charge in [-0.2, -0.15) is 18.2 Å². The van der Waals surface area contributed by atoms with E-state index in [9.17, 15) is 22.4 Å². The lowest BCUT2D eigenvalue weighted by Crippen LogP contribution is -2.52. The van der Waals surface area contributed by atoms with Gasteiger partial charge < -0.3 is 20.9 Å². The lowest BCUT2D eigenvalue weighted by atomic mass is 10.0. The number of nitrogens with zero attached hydrogens (tertiary/aromatic N) is 6. The Labute approximate surface area is 271 Å². The molecule has 0 radical (unpaired) electrons. The molecule has 2 bridgehead atoms. The van der Waals surface area contributed by atoms with E-state index in [1.165, 1.54) is 17.8 Å². The molecule has 3 unspecified atom stereocenters. The minimum Gasteiger partial charge on any atom is -0.375 e. The molecule has 4 aliphatic heterocycles. The molecule has 3 saturated heterocycles. The Balaban J connectivity index is 1.47. The standard InChI is InChI=1S/C31H36F4N8OS2/c1-3-23(32)27-24(38-29(36)46-27)12-20-22(31(33,34)35)11-21-25-26(20)45-16-19(15-41-9-7-40(4-2)8-10-41)43(25)30(44)39-28(21)42-13-17-5-6-18(14-42)37-17/h3,11-12,17-19,37H,1,4-10,13-16H2,2H3,(H2,36,38)/b24-12-,27-23-. The number of anilines is 2. The number of alkyl halides is 3. The van der Waals surface area contributed by atoms with Crippen LogP contribution in [0.5, 0.6) is 0 Å². The van der Waals surface area contributed by atoms with Gasteiger partial charge in [0.15, 0.2) is 5.13 Å². The second-order valence-electron chi connectivity index (χ2n) is 12.4. The number of fused-ring (bicyclic) bond motifs is 2. The van der Waals surface area contributed by atoms with Crippen LogP contribution in [0.15, 0.2) is 28.4 Å². The maximum Gasteiger partial charge on any atom is 0.417 e. The first-order valence-corrected chi connectivity index (χ1v) is 17.4. The highest BCUT2D eigenvalue weighted by Crippen LogP contribution is 2.46. The Bertz CT molecular complexity index is 1850. The molecule has 4 aliphatic rings. The highest BCUT2D eigenvalue weighted by atomic mass is 32.2. The maximum atomic E-state index is 15.0. The first kappa shape index (κ1) is 31.6. The summed E-state index contributed by atoms with van der Waals surface area (Å²) in [5.74, 6) is -0.0534. The van der Waals surface area contributed by atoms with Crippen LogP contribution in [0.25, 0.3) is 22.8 Å². The number of nitrogens with two attached hydrogens (primary N) is 1. The number of hydrogen-bond acceptors (Lipinski definition) is 10. The van der Waals surface area contributed by atoms with E-state index in [1.807, 2.05) is 4.90 Å². The van der Waals surface area contributed by atoms with E-state index in [-0.39, 0.29) is 44.5 Å². The van der Waals surface area contributed by atoms with Crippen LogP contribution in [0.2, 0.25) is 0 Å². The predicted molar refractivity (Wildman–Crippen MR) is 176 cm³/mol. The molecule has 1 aromatic carbocycles. The van der Waals surface area contributed by atoms with Crippen molar-refractivity contribution in [2.24, 2.45) is 0 Å². The summed E-state index contributed by atoms with van der Waals surface area (Å²) in [6, 6.07) is 1.21. The lowest BCUT2D eigenvalue weighted by molar-refractivity contribution is -0.137. The Kier molecular flexibility index (Phi) is 8.41. The minimum absolute atomic E-state index is 0.00179. The number of nitrogens with one attached hydrogen (secondary N) is 1. The fraction of sp³-hybridized carbons (Fsp3) is 0.516. The second kappa shape index (κ2) is 12.2. The molecule has 46 heavy (non-hydrogen) atoms. The van der Waals surface area contributed by atoms with Crippen molar-refractivity contribution < 1.29 is 17.6 Å². The molecule has 3 fully saturated rings. The first-order valence-electron chi connectivity index (χ1n) is 15.6. The average Bonchev–Trinajstić information content (AvgIpc) is 3.58. The zero-order valence-electron chi connectivity index (χ0n) is 25.4. The molecule has 246 valence electrons. The average molecular weight is 677 g/mol. The number of allylic oxidation sites excluding steroid dienone is 1. The second-order valence-corrected chi connectivity index (χ2v) is 14.4. The van der Waals surface area contributed by atoms with Crippen LogP contribution < -0.4 is 31.5 Å². The quantitative estimate of drug-likeness (QED) is 0.383. The van der Waals surface area contributed by atoms with Crippen molar-refractivity contribution in [3.8, 4) is 0 Å². The van der Waals surface area contributed by atoms with Crippen molar-refractivity contribution in [2.45, 2.75) is 49.0 Å². The zero-order chi connectivity index (χ0) is 32.3. The topological polar surface area (TPSA) is 95.5 Å². The SMILES string of the molecule is C=C/C(F)=c1/sc(N)n/c1=C\c1c(C(F)(F)F)cc2c(N3CC4CCC(C3)N4)nc(=O)n3c2c1SCC3CN1CCN(CC)CC1. The summed E-state index contributed by atoms with van der Waals surface area (Å²) in [4.78, 5) is 29.7. The van der Waals surface area contributed by atoms with Crippen LogP contribution in [0.1, 0.15) is 36.9 Å². The third-order valence-electron chi connectivity index (χ3n) is 9.52. The number of benzene rings is 1. The van der Waals surface area contributed by atoms with Gasteiger partial charge in [0.25, 0.3) is 0 Å². The molecule has 3 atom stereocenters. The number of hydrogen-bond donors (Lipinski definition) is 2. The summed E-state index contributed by atoms with van der Waals surface area (Å²) in [7, 11) is 0. The van der Waals surface area contributed by atoms with Crippen molar-refractivity contribution in [2.75, 3.05) is 68.7 Å². The van der Waals surface area contributed by atoms with Gasteiger partial charge >= 0.3 is 11.9 Å². The molecular formula is C31H36F4N8OS2. The van der Waals surface area contributed by atoms with Crippen LogP contribution in [0, 0.1) is 0 Å². The summed E-state index contributed by atoms with van der Waals surface area (Å²) in [5, 5.41) is 3.85. The van der Waals surface area contributed by atoms with Crippen molar-refractivity contribution in [1.82, 2.24) is 29.7 Å². The van der Waals surface area contributed by atoms with Crippen LogP contribution in [-0.4, -0.2) is 94.5 Å². The fourth-order valence-electron chi connectivity index (χ4n) is 7.27. The van der Waals surface area contributed by atoms with E-state index in [2.05, 4.69) is 38.6 Å². The number of aromatic nitrogens is 3. The predicted octanol–water partition coefficient (Wildman–Crippen LogP) is 2.77. The van der Waals surface area contributed by atoms with Crippen molar-refractivity contribution in [3.63, 3.8) is 0 Å². The van der Waals surface area contributed by atoms with Crippen molar-refractivity contribution in [3.05, 3.63) is 50.2 Å². The first-order chi connectivity index (χ1) is 22.0. The van der Waals surface area contributed by atoms with Crippen LogP contribution in [-0.2, 0) is 6.18 Å². The number of nitrogen functional groups attached to an aromatic ring is 1. The molecule has 15 heteroatoms. The Morgan fingerprint density at radius 1 is 1.15 bits per heavy atom. The third kappa shape index (κ3) is 5.74. The number of likely N-dealkylation sites (N-methyl/N-ethyl adjacent to an activating group) is 1. The smallest absolute Gasteiger partial charge is 0.375 e. The fourth-order valence-corrected chi connectivity index (χ4v) is 9.29. The Hall–Kier alpha value is -2.98. The number of piperazine rings is 2. The van der Waals surface area contributed by atoms with Crippen LogP contribution in [0.3, 0.4) is 0 Å². The summed E-state index contributed by atoms with van der Waals surface area (Å²) in [6.07, 6.45) is -0.588. The highest BCUT2D eigenvalue weighted by Gasteiger charge is 2.40. The normalized spacial score (nSPS) is 25.0.